The maximum Gasteiger partial charge on any atom is 0.421 e. The van der Waals surface area contributed by atoms with Gasteiger partial charge in [0.05, 0.1) is 5.70 Å². The van der Waals surface area contributed by atoms with Crippen LogP contribution in [0.15, 0.2) is 35.4 Å². The maximum atomic E-state index is 15.3. The molecular weight excluding hydrogens is 498 g/mol. The molecule has 7 nitrogen and oxygen atoms in total. The Hall–Kier alpha value is -2.95. The van der Waals surface area contributed by atoms with Crippen molar-refractivity contribution in [3.8, 4) is 0 Å². The van der Waals surface area contributed by atoms with Crippen LogP contribution in [-0.4, -0.2) is 44.2 Å². The molecule has 1 aliphatic heterocycles. The lowest BCUT2D eigenvalue weighted by molar-refractivity contribution is -0.137. The summed E-state index contributed by atoms with van der Waals surface area (Å²) in [6.45, 7) is 6.15. The molecule has 206 valence electrons. The number of H-pyrrole nitrogens is 1. The summed E-state index contributed by atoms with van der Waals surface area (Å²) in [5.41, 5.74) is 0.918. The van der Waals surface area contributed by atoms with Crippen molar-refractivity contribution < 1.29 is 17.6 Å². The van der Waals surface area contributed by atoms with Gasteiger partial charge in [-0.05, 0) is 83.4 Å². The van der Waals surface area contributed by atoms with Crippen LogP contribution in [0.2, 0.25) is 0 Å². The van der Waals surface area contributed by atoms with Crippen LogP contribution in [0.5, 0.6) is 0 Å². The molecule has 3 N–H and O–H groups in total. The second kappa shape index (κ2) is 11.0. The Labute approximate surface area is 220 Å². The number of anilines is 3. The van der Waals surface area contributed by atoms with Crippen LogP contribution in [0.1, 0.15) is 69.5 Å². The number of aryl methyl sites for hydroxylation is 1. The number of hydrogen-bond acceptors (Lipinski definition) is 6. The summed E-state index contributed by atoms with van der Waals surface area (Å²) in [6.07, 6.45) is 6.49. The molecule has 0 spiro atoms. The van der Waals surface area contributed by atoms with E-state index in [9.17, 15) is 13.2 Å². The monoisotopic (exact) mass is 533 g/mol. The Morgan fingerprint density at radius 2 is 1.76 bits per heavy atom. The van der Waals surface area contributed by atoms with Gasteiger partial charge in [0.2, 0.25) is 5.95 Å². The average Bonchev–Trinajstić information content (AvgIpc) is 3.30. The van der Waals surface area contributed by atoms with Crippen molar-refractivity contribution in [3.05, 3.63) is 46.7 Å². The Morgan fingerprint density at radius 1 is 1.03 bits per heavy atom. The van der Waals surface area contributed by atoms with Crippen molar-refractivity contribution >= 4 is 17.6 Å². The van der Waals surface area contributed by atoms with Crippen molar-refractivity contribution in [2.75, 3.05) is 23.7 Å². The summed E-state index contributed by atoms with van der Waals surface area (Å²) in [4.78, 5) is 10.5. The number of aromatic amines is 1. The largest absolute Gasteiger partial charge is 0.421 e. The molecular formula is C27H35F4N7. The molecule has 5 rings (SSSR count). The molecule has 0 aromatic carbocycles. The fourth-order valence-electron chi connectivity index (χ4n) is 6.14. The number of hydrogen-bond donors (Lipinski definition) is 3. The quantitative estimate of drug-likeness (QED) is 0.352. The van der Waals surface area contributed by atoms with Gasteiger partial charge in [0, 0.05) is 30.4 Å². The van der Waals surface area contributed by atoms with Gasteiger partial charge in [0.1, 0.15) is 17.2 Å². The summed E-state index contributed by atoms with van der Waals surface area (Å²) in [7, 11) is 0. The Bertz CT molecular complexity index is 1190. The predicted octanol–water partition coefficient (Wildman–Crippen LogP) is 6.87. The molecule has 2 aliphatic carbocycles. The first-order valence-corrected chi connectivity index (χ1v) is 13.5. The summed E-state index contributed by atoms with van der Waals surface area (Å²) >= 11 is 0. The average molecular weight is 534 g/mol. The van der Waals surface area contributed by atoms with E-state index in [-0.39, 0.29) is 35.6 Å². The summed E-state index contributed by atoms with van der Waals surface area (Å²) in [5.74, 6) is -0.134. The van der Waals surface area contributed by atoms with E-state index in [2.05, 4.69) is 35.7 Å². The molecule has 0 bridgehead atoms. The van der Waals surface area contributed by atoms with E-state index in [1.54, 1.807) is 19.1 Å². The topological polar surface area (TPSA) is 81.8 Å². The Kier molecular flexibility index (Phi) is 7.74. The predicted molar refractivity (Wildman–Crippen MR) is 138 cm³/mol. The van der Waals surface area contributed by atoms with Crippen LogP contribution in [0.3, 0.4) is 0 Å². The molecule has 2 aromatic rings. The first kappa shape index (κ1) is 26.6. The zero-order valence-electron chi connectivity index (χ0n) is 21.8. The standard InChI is InChI=1S/C27H35F4N7/c1-16-12-23(22(28)14-20(16)18-6-8-19(9-7-18)38-10-4-3-5-11-38)33-26-32-15-21(27(29,30)31)25(35-26)34-24-13-17(2)36-37-24/h12-13,15,18-20H,3-11,14H2,1-2H3,(H3,32,33,34,35,36,37)/t18?,19?,20-/m1/s1. The highest BCUT2D eigenvalue weighted by Crippen LogP contribution is 2.42. The minimum absolute atomic E-state index is 0.123. The SMILES string of the molecule is CC1=CC(Nc2ncc(C(F)(F)F)c(Nc3cc(C)[nH]n3)n2)=C(F)C[C@H]1C1CCC(N2CCCCC2)CC1. The van der Waals surface area contributed by atoms with Gasteiger partial charge in [-0.25, -0.2) is 9.37 Å². The molecule has 2 aromatic heterocycles. The number of likely N-dealkylation sites (tertiary alicyclic amines) is 1. The molecule has 3 heterocycles. The minimum Gasteiger partial charge on any atom is -0.323 e. The van der Waals surface area contributed by atoms with Gasteiger partial charge < -0.3 is 15.5 Å². The number of nitrogens with one attached hydrogen (secondary N) is 3. The normalized spacial score (nSPS) is 25.3. The van der Waals surface area contributed by atoms with Crippen LogP contribution < -0.4 is 10.6 Å². The van der Waals surface area contributed by atoms with Gasteiger partial charge in [-0.1, -0.05) is 12.0 Å². The summed E-state index contributed by atoms with van der Waals surface area (Å²) < 4.78 is 56.0. The number of nitrogens with zero attached hydrogens (tertiary/aromatic N) is 4. The molecule has 2 fully saturated rings. The van der Waals surface area contributed by atoms with E-state index in [4.69, 9.17) is 0 Å². The third kappa shape index (κ3) is 6.03. The summed E-state index contributed by atoms with van der Waals surface area (Å²) in [5, 5.41) is 12.0. The van der Waals surface area contributed by atoms with Gasteiger partial charge in [-0.2, -0.15) is 23.3 Å². The molecule has 3 aliphatic rings. The smallest absolute Gasteiger partial charge is 0.323 e. The van der Waals surface area contributed by atoms with Crippen LogP contribution in [-0.2, 0) is 6.18 Å². The van der Waals surface area contributed by atoms with E-state index in [0.29, 0.717) is 23.9 Å². The van der Waals surface area contributed by atoms with Gasteiger partial charge in [0.25, 0.3) is 0 Å². The first-order valence-electron chi connectivity index (χ1n) is 13.5. The van der Waals surface area contributed by atoms with E-state index < -0.39 is 17.6 Å². The first-order chi connectivity index (χ1) is 18.2. The van der Waals surface area contributed by atoms with Crippen molar-refractivity contribution in [1.82, 2.24) is 25.1 Å². The van der Waals surface area contributed by atoms with Crippen LogP contribution >= 0.6 is 0 Å². The maximum absolute atomic E-state index is 15.3. The molecule has 1 saturated heterocycles. The lowest BCUT2D eigenvalue weighted by atomic mass is 9.72. The third-order valence-electron chi connectivity index (χ3n) is 8.16. The number of rotatable bonds is 6. The second-order valence-electron chi connectivity index (χ2n) is 10.8. The van der Waals surface area contributed by atoms with Gasteiger partial charge in [0.15, 0.2) is 5.82 Å². The number of aromatic nitrogens is 4. The van der Waals surface area contributed by atoms with Crippen molar-refractivity contribution in [2.45, 2.75) is 77.4 Å². The number of halogens is 4. The van der Waals surface area contributed by atoms with Crippen LogP contribution in [0, 0.1) is 18.8 Å². The summed E-state index contributed by atoms with van der Waals surface area (Å²) in [6, 6.07) is 2.22. The molecule has 38 heavy (non-hydrogen) atoms. The van der Waals surface area contributed by atoms with Gasteiger partial charge >= 0.3 is 6.18 Å². The fraction of sp³-hybridized carbons (Fsp3) is 0.593. The number of alkyl halides is 3. The van der Waals surface area contributed by atoms with Crippen molar-refractivity contribution in [1.29, 1.82) is 0 Å². The van der Waals surface area contributed by atoms with Crippen LogP contribution in [0.25, 0.3) is 0 Å². The van der Waals surface area contributed by atoms with E-state index in [1.807, 2.05) is 6.92 Å². The number of allylic oxidation sites excluding steroid dienone is 3. The third-order valence-corrected chi connectivity index (χ3v) is 8.16. The van der Waals surface area contributed by atoms with Crippen molar-refractivity contribution in [2.24, 2.45) is 11.8 Å². The van der Waals surface area contributed by atoms with E-state index >= 15 is 4.39 Å². The van der Waals surface area contributed by atoms with E-state index in [1.165, 1.54) is 32.4 Å². The van der Waals surface area contributed by atoms with Gasteiger partial charge in [-0.15, -0.1) is 0 Å². The highest BCUT2D eigenvalue weighted by molar-refractivity contribution is 5.59. The molecule has 11 heteroatoms. The second-order valence-corrected chi connectivity index (χ2v) is 10.8. The lowest BCUT2D eigenvalue weighted by Gasteiger charge is -2.41. The Morgan fingerprint density at radius 3 is 2.42 bits per heavy atom. The zero-order valence-corrected chi connectivity index (χ0v) is 21.8. The number of piperidine rings is 1. The molecule has 1 atom stereocenters. The highest BCUT2D eigenvalue weighted by Gasteiger charge is 2.36. The fourth-order valence-corrected chi connectivity index (χ4v) is 6.14. The lowest BCUT2D eigenvalue weighted by Crippen LogP contribution is -2.42. The van der Waals surface area contributed by atoms with E-state index in [0.717, 1.165) is 31.3 Å². The Balaban J connectivity index is 1.26. The highest BCUT2D eigenvalue weighted by atomic mass is 19.4. The molecule has 0 unspecified atom stereocenters. The van der Waals surface area contributed by atoms with Gasteiger partial charge in [-0.3, -0.25) is 5.10 Å². The molecule has 0 radical (unpaired) electrons. The van der Waals surface area contributed by atoms with Crippen molar-refractivity contribution in [3.63, 3.8) is 0 Å². The zero-order chi connectivity index (χ0) is 26.9. The molecule has 1 saturated carbocycles. The molecule has 0 amide bonds. The minimum atomic E-state index is -4.67. The van der Waals surface area contributed by atoms with Crippen LogP contribution in [0.4, 0.5) is 35.1 Å².